The molecule has 1 unspecified atom stereocenters. The molecule has 0 aliphatic carbocycles. The van der Waals surface area contributed by atoms with Gasteiger partial charge in [0, 0.05) is 16.3 Å². The molecule has 0 spiro atoms. The average molecular weight is 379 g/mol. The van der Waals surface area contributed by atoms with Gasteiger partial charge < -0.3 is 5.32 Å². The van der Waals surface area contributed by atoms with Gasteiger partial charge in [-0.3, -0.25) is 4.79 Å². The molecule has 0 aliphatic heterocycles. The van der Waals surface area contributed by atoms with Crippen LogP contribution in [-0.2, 0) is 4.79 Å². The number of nitrogens with one attached hydrogen (secondary N) is 1. The molecule has 1 atom stereocenters. The van der Waals surface area contributed by atoms with Gasteiger partial charge in [0.25, 0.3) is 0 Å². The largest absolute Gasteiger partial charge is 0.323 e. The number of amides is 1. The van der Waals surface area contributed by atoms with Crippen LogP contribution in [-0.4, -0.2) is 21.1 Å². The van der Waals surface area contributed by atoms with Gasteiger partial charge in [0.05, 0.1) is 10.9 Å². The van der Waals surface area contributed by atoms with E-state index in [1.807, 2.05) is 13.8 Å². The Hall–Kier alpha value is -2.06. The molecule has 0 saturated heterocycles. The van der Waals surface area contributed by atoms with E-state index in [1.54, 1.807) is 18.3 Å². The van der Waals surface area contributed by atoms with Gasteiger partial charge in [0.1, 0.15) is 27.8 Å². The number of rotatable bonds is 4. The maximum absolute atomic E-state index is 13.7. The molecule has 0 fully saturated rings. The summed E-state index contributed by atoms with van der Waals surface area (Å²) in [5.41, 5.74) is 0.916. The Bertz CT molecular complexity index is 958. The fourth-order valence-corrected chi connectivity index (χ4v) is 4.33. The Morgan fingerprint density at radius 3 is 2.80 bits per heavy atom. The highest BCUT2D eigenvalue weighted by Crippen LogP contribution is 2.36. The smallest absolute Gasteiger partial charge is 0.237 e. The van der Waals surface area contributed by atoms with Gasteiger partial charge in [-0.25, -0.2) is 18.7 Å². The number of carbonyl (C=O) groups is 1. The summed E-state index contributed by atoms with van der Waals surface area (Å²) in [6, 6.07) is 2.94. The number of halogens is 2. The molecule has 0 saturated carbocycles. The van der Waals surface area contributed by atoms with Crippen molar-refractivity contribution in [3.8, 4) is 0 Å². The van der Waals surface area contributed by atoms with Gasteiger partial charge in [-0.15, -0.1) is 11.3 Å². The summed E-state index contributed by atoms with van der Waals surface area (Å²) in [5.74, 6) is -1.72. The molecular formula is C17H15F2N3OS2. The number of hydrogen-bond donors (Lipinski definition) is 1. The average Bonchev–Trinajstić information content (AvgIpc) is 2.86. The number of thiophene rings is 1. The number of benzene rings is 1. The molecule has 25 heavy (non-hydrogen) atoms. The molecule has 1 amide bonds. The van der Waals surface area contributed by atoms with Gasteiger partial charge in [-0.05, 0) is 38.5 Å². The predicted molar refractivity (Wildman–Crippen MR) is 97.2 cm³/mol. The summed E-state index contributed by atoms with van der Waals surface area (Å²) in [5, 5.41) is 3.52. The van der Waals surface area contributed by atoms with E-state index < -0.39 is 22.8 Å². The first-order valence-electron chi connectivity index (χ1n) is 7.50. The predicted octanol–water partition coefficient (Wildman–Crippen LogP) is 4.71. The van der Waals surface area contributed by atoms with Gasteiger partial charge in [0.2, 0.25) is 5.91 Å². The lowest BCUT2D eigenvalue weighted by molar-refractivity contribution is -0.115. The van der Waals surface area contributed by atoms with Crippen LogP contribution < -0.4 is 5.32 Å². The molecule has 3 aromatic rings. The topological polar surface area (TPSA) is 54.9 Å². The zero-order chi connectivity index (χ0) is 18.1. The van der Waals surface area contributed by atoms with Crippen LogP contribution >= 0.6 is 23.1 Å². The van der Waals surface area contributed by atoms with Crippen molar-refractivity contribution in [3.63, 3.8) is 0 Å². The van der Waals surface area contributed by atoms with Crippen LogP contribution in [0.1, 0.15) is 17.4 Å². The highest BCUT2D eigenvalue weighted by molar-refractivity contribution is 8.00. The molecule has 8 heteroatoms. The minimum absolute atomic E-state index is 0.173. The standard InChI is InChI=1S/C17H15F2N3OS2/c1-8-9(2)24-16-14(8)17(21-7-20-16)25-10(3)15(23)22-13-6-11(18)4-5-12(13)19/h4-7,10H,1-3H3,(H,22,23). The number of carbonyl (C=O) groups excluding carboxylic acids is 1. The molecule has 1 aromatic carbocycles. The number of nitrogens with zero attached hydrogens (tertiary/aromatic N) is 2. The molecule has 4 nitrogen and oxygen atoms in total. The molecular weight excluding hydrogens is 364 g/mol. The van der Waals surface area contributed by atoms with Crippen LogP contribution in [0.4, 0.5) is 14.5 Å². The maximum Gasteiger partial charge on any atom is 0.237 e. The van der Waals surface area contributed by atoms with Crippen molar-refractivity contribution in [3.05, 3.63) is 46.6 Å². The minimum Gasteiger partial charge on any atom is -0.323 e. The van der Waals surface area contributed by atoms with E-state index in [4.69, 9.17) is 0 Å². The molecule has 2 heterocycles. The second-order valence-corrected chi connectivity index (χ2v) is 8.05. The van der Waals surface area contributed by atoms with E-state index in [-0.39, 0.29) is 5.69 Å². The zero-order valence-corrected chi connectivity index (χ0v) is 15.4. The van der Waals surface area contributed by atoms with Crippen LogP contribution in [0.5, 0.6) is 0 Å². The molecule has 0 bridgehead atoms. The van der Waals surface area contributed by atoms with Crippen LogP contribution in [0.2, 0.25) is 0 Å². The van der Waals surface area contributed by atoms with Crippen LogP contribution in [0, 0.1) is 25.5 Å². The van der Waals surface area contributed by atoms with Crippen molar-refractivity contribution < 1.29 is 13.6 Å². The Morgan fingerprint density at radius 1 is 1.28 bits per heavy atom. The fourth-order valence-electron chi connectivity index (χ4n) is 2.29. The quantitative estimate of drug-likeness (QED) is 0.527. The van der Waals surface area contributed by atoms with Crippen molar-refractivity contribution in [2.24, 2.45) is 0 Å². The monoisotopic (exact) mass is 379 g/mol. The summed E-state index contributed by atoms with van der Waals surface area (Å²) >= 11 is 2.84. The number of fused-ring (bicyclic) bond motifs is 1. The summed E-state index contributed by atoms with van der Waals surface area (Å²) < 4.78 is 26.9. The van der Waals surface area contributed by atoms with Crippen molar-refractivity contribution in [2.45, 2.75) is 31.0 Å². The first kappa shape index (κ1) is 17.8. The normalized spacial score (nSPS) is 12.4. The van der Waals surface area contributed by atoms with Gasteiger partial charge >= 0.3 is 0 Å². The summed E-state index contributed by atoms with van der Waals surface area (Å²) in [4.78, 5) is 22.9. The van der Waals surface area contributed by atoms with Crippen LogP contribution in [0.25, 0.3) is 10.2 Å². The molecule has 0 radical (unpaired) electrons. The first-order valence-corrected chi connectivity index (χ1v) is 9.19. The third kappa shape index (κ3) is 3.64. The van der Waals surface area contributed by atoms with Crippen molar-refractivity contribution >= 4 is 44.9 Å². The maximum atomic E-state index is 13.7. The van der Waals surface area contributed by atoms with E-state index in [9.17, 15) is 13.6 Å². The second-order valence-electron chi connectivity index (χ2n) is 5.52. The Morgan fingerprint density at radius 2 is 2.04 bits per heavy atom. The summed E-state index contributed by atoms with van der Waals surface area (Å²) in [6.07, 6.45) is 1.47. The minimum atomic E-state index is -0.680. The van der Waals surface area contributed by atoms with E-state index in [0.29, 0.717) is 5.03 Å². The number of aromatic nitrogens is 2. The zero-order valence-electron chi connectivity index (χ0n) is 13.8. The lowest BCUT2D eigenvalue weighted by atomic mass is 10.2. The molecule has 2 aromatic heterocycles. The summed E-state index contributed by atoms with van der Waals surface area (Å²) in [7, 11) is 0. The molecule has 1 N–H and O–H groups in total. The fraction of sp³-hybridized carbons (Fsp3) is 0.235. The Balaban J connectivity index is 1.81. The Kier molecular flexibility index (Phi) is 5.01. The van der Waals surface area contributed by atoms with Crippen LogP contribution in [0.15, 0.2) is 29.6 Å². The van der Waals surface area contributed by atoms with Crippen molar-refractivity contribution in [1.82, 2.24) is 9.97 Å². The van der Waals surface area contributed by atoms with E-state index in [2.05, 4.69) is 15.3 Å². The van der Waals surface area contributed by atoms with Gasteiger partial charge in [0.15, 0.2) is 0 Å². The summed E-state index contributed by atoms with van der Waals surface area (Å²) in [6.45, 7) is 5.70. The highest BCUT2D eigenvalue weighted by Gasteiger charge is 2.20. The Labute approximate surface area is 151 Å². The number of hydrogen-bond acceptors (Lipinski definition) is 5. The van der Waals surface area contributed by atoms with Gasteiger partial charge in [-0.2, -0.15) is 0 Å². The van der Waals surface area contributed by atoms with E-state index >= 15 is 0 Å². The number of thioether (sulfide) groups is 1. The number of anilines is 1. The van der Waals surface area contributed by atoms with E-state index in [0.717, 1.165) is 38.9 Å². The SMILES string of the molecule is Cc1sc2ncnc(SC(C)C(=O)Nc3cc(F)ccc3F)c2c1C. The van der Waals surface area contributed by atoms with Gasteiger partial charge in [-0.1, -0.05) is 11.8 Å². The van der Waals surface area contributed by atoms with E-state index in [1.165, 1.54) is 18.1 Å². The first-order chi connectivity index (χ1) is 11.9. The molecule has 3 rings (SSSR count). The second kappa shape index (κ2) is 7.05. The van der Waals surface area contributed by atoms with Crippen molar-refractivity contribution in [1.29, 1.82) is 0 Å². The lowest BCUT2D eigenvalue weighted by Crippen LogP contribution is -2.23. The highest BCUT2D eigenvalue weighted by atomic mass is 32.2. The number of aryl methyl sites for hydroxylation is 2. The van der Waals surface area contributed by atoms with Crippen LogP contribution in [0.3, 0.4) is 0 Å². The van der Waals surface area contributed by atoms with Crippen molar-refractivity contribution in [2.75, 3.05) is 5.32 Å². The molecule has 0 aliphatic rings. The third-order valence-electron chi connectivity index (χ3n) is 3.77. The lowest BCUT2D eigenvalue weighted by Gasteiger charge is -2.13. The third-order valence-corrected chi connectivity index (χ3v) is 5.99. The molecule has 130 valence electrons.